The fraction of sp³-hybridized carbons (Fsp3) is 0.333. The van der Waals surface area contributed by atoms with E-state index in [2.05, 4.69) is 30.3 Å². The summed E-state index contributed by atoms with van der Waals surface area (Å²) in [5.74, 6) is 0. The van der Waals surface area contributed by atoms with Gasteiger partial charge in [-0.25, -0.2) is 0 Å². The molecule has 19 heavy (non-hydrogen) atoms. The highest BCUT2D eigenvalue weighted by atomic mass is 15.3. The average Bonchev–Trinajstić information content (AvgIpc) is 2.93. The molecule has 0 radical (unpaired) electrons. The molecule has 1 unspecified atom stereocenters. The van der Waals surface area contributed by atoms with Crippen LogP contribution in [0.5, 0.6) is 0 Å². The van der Waals surface area contributed by atoms with Gasteiger partial charge in [-0.1, -0.05) is 19.1 Å². The lowest BCUT2D eigenvalue weighted by atomic mass is 10.2. The van der Waals surface area contributed by atoms with Crippen LogP contribution in [0.15, 0.2) is 36.5 Å². The van der Waals surface area contributed by atoms with Crippen molar-refractivity contribution in [2.45, 2.75) is 32.9 Å². The first-order valence-electron chi connectivity index (χ1n) is 6.51. The van der Waals surface area contributed by atoms with Crippen molar-refractivity contribution in [3.63, 3.8) is 0 Å². The summed E-state index contributed by atoms with van der Waals surface area (Å²) in [6.07, 6.45) is 3.06. The number of anilines is 1. The van der Waals surface area contributed by atoms with Crippen molar-refractivity contribution in [1.82, 2.24) is 9.78 Å². The Labute approximate surface area is 113 Å². The summed E-state index contributed by atoms with van der Waals surface area (Å²) in [5, 5.41) is 16.8. The second kappa shape index (κ2) is 6.05. The quantitative estimate of drug-likeness (QED) is 0.890. The van der Waals surface area contributed by atoms with Gasteiger partial charge in [-0.3, -0.25) is 4.68 Å². The number of benzene rings is 1. The fourth-order valence-electron chi connectivity index (χ4n) is 1.82. The molecule has 0 aliphatic rings. The van der Waals surface area contributed by atoms with E-state index in [0.29, 0.717) is 18.2 Å². The third kappa shape index (κ3) is 3.14. The van der Waals surface area contributed by atoms with Crippen molar-refractivity contribution >= 4 is 5.69 Å². The highest BCUT2D eigenvalue weighted by Crippen LogP contribution is 2.15. The van der Waals surface area contributed by atoms with Crippen LogP contribution in [0.25, 0.3) is 0 Å². The molecule has 4 heteroatoms. The minimum Gasteiger partial charge on any atom is -0.378 e. The van der Waals surface area contributed by atoms with E-state index in [9.17, 15) is 0 Å². The zero-order valence-electron chi connectivity index (χ0n) is 11.3. The molecule has 1 aromatic heterocycles. The average molecular weight is 254 g/mol. The van der Waals surface area contributed by atoms with Crippen LogP contribution in [0.3, 0.4) is 0 Å². The lowest BCUT2D eigenvalue weighted by molar-refractivity contribution is 0.474. The van der Waals surface area contributed by atoms with Crippen molar-refractivity contribution in [1.29, 1.82) is 5.26 Å². The summed E-state index contributed by atoms with van der Waals surface area (Å²) in [6.45, 7) is 4.92. The maximum Gasteiger partial charge on any atom is 0.101 e. The van der Waals surface area contributed by atoms with Gasteiger partial charge in [0.2, 0.25) is 0 Å². The van der Waals surface area contributed by atoms with E-state index in [1.807, 2.05) is 35.1 Å². The number of hydrogen-bond acceptors (Lipinski definition) is 3. The van der Waals surface area contributed by atoms with Gasteiger partial charge in [0.15, 0.2) is 0 Å². The van der Waals surface area contributed by atoms with E-state index in [4.69, 9.17) is 5.26 Å². The molecule has 0 bridgehead atoms. The second-order valence-electron chi connectivity index (χ2n) is 4.56. The Morgan fingerprint density at radius 3 is 2.89 bits per heavy atom. The van der Waals surface area contributed by atoms with E-state index in [0.717, 1.165) is 17.8 Å². The molecule has 2 aromatic rings. The number of nitrogens with zero attached hydrogens (tertiary/aromatic N) is 3. The Balaban J connectivity index is 2.03. The van der Waals surface area contributed by atoms with Gasteiger partial charge in [-0.05, 0) is 31.5 Å². The molecule has 1 heterocycles. The van der Waals surface area contributed by atoms with Crippen molar-refractivity contribution in [3.05, 3.63) is 47.8 Å². The first-order chi connectivity index (χ1) is 9.24. The summed E-state index contributed by atoms with van der Waals surface area (Å²) in [7, 11) is 0. The number of aromatic nitrogens is 2. The fourth-order valence-corrected chi connectivity index (χ4v) is 1.82. The minimum absolute atomic E-state index is 0.417. The molecule has 0 fully saturated rings. The van der Waals surface area contributed by atoms with Crippen LogP contribution in [0, 0.1) is 11.3 Å². The van der Waals surface area contributed by atoms with Crippen LogP contribution in [-0.2, 0) is 6.54 Å². The van der Waals surface area contributed by atoms with Crippen molar-refractivity contribution in [3.8, 4) is 6.07 Å². The number of rotatable bonds is 5. The molecule has 2 rings (SSSR count). The van der Waals surface area contributed by atoms with E-state index >= 15 is 0 Å². The molecule has 1 N–H and O–H groups in total. The van der Waals surface area contributed by atoms with Crippen LogP contribution < -0.4 is 5.32 Å². The first-order valence-corrected chi connectivity index (χ1v) is 6.51. The van der Waals surface area contributed by atoms with Crippen molar-refractivity contribution in [2.24, 2.45) is 0 Å². The lowest BCUT2D eigenvalue weighted by Gasteiger charge is -2.09. The second-order valence-corrected chi connectivity index (χ2v) is 4.56. The van der Waals surface area contributed by atoms with Gasteiger partial charge in [0.25, 0.3) is 0 Å². The van der Waals surface area contributed by atoms with Gasteiger partial charge in [-0.15, -0.1) is 0 Å². The largest absolute Gasteiger partial charge is 0.378 e. The Morgan fingerprint density at radius 2 is 2.16 bits per heavy atom. The highest BCUT2D eigenvalue weighted by Gasteiger charge is 2.05. The third-order valence-corrected chi connectivity index (χ3v) is 3.21. The third-order valence-electron chi connectivity index (χ3n) is 3.21. The summed E-state index contributed by atoms with van der Waals surface area (Å²) in [4.78, 5) is 0. The first kappa shape index (κ1) is 13.2. The molecule has 1 aromatic carbocycles. The minimum atomic E-state index is 0.417. The normalized spacial score (nSPS) is 11.8. The summed E-state index contributed by atoms with van der Waals surface area (Å²) in [5.41, 5.74) is 2.49. The molecular weight excluding hydrogens is 236 g/mol. The maximum absolute atomic E-state index is 9.01. The van der Waals surface area contributed by atoms with Gasteiger partial charge >= 0.3 is 0 Å². The lowest BCUT2D eigenvalue weighted by Crippen LogP contribution is -2.07. The molecule has 0 saturated heterocycles. The van der Waals surface area contributed by atoms with Gasteiger partial charge in [0.05, 0.1) is 23.5 Å². The van der Waals surface area contributed by atoms with Gasteiger partial charge in [-0.2, -0.15) is 10.4 Å². The SMILES string of the molecule is CCC(C)n1ccc(CNc2ccccc2C#N)n1. The topological polar surface area (TPSA) is 53.6 Å². The van der Waals surface area contributed by atoms with Gasteiger partial charge in [0, 0.05) is 12.2 Å². The van der Waals surface area contributed by atoms with E-state index in [1.54, 1.807) is 6.07 Å². The number of hydrogen-bond donors (Lipinski definition) is 1. The Hall–Kier alpha value is -2.28. The summed E-state index contributed by atoms with van der Waals surface area (Å²) in [6, 6.07) is 12.1. The van der Waals surface area contributed by atoms with Crippen LogP contribution >= 0.6 is 0 Å². The van der Waals surface area contributed by atoms with E-state index < -0.39 is 0 Å². The van der Waals surface area contributed by atoms with Crippen LogP contribution in [0.2, 0.25) is 0 Å². The molecule has 98 valence electrons. The van der Waals surface area contributed by atoms with Crippen LogP contribution in [0.4, 0.5) is 5.69 Å². The van der Waals surface area contributed by atoms with Crippen LogP contribution in [0.1, 0.15) is 37.6 Å². The summed E-state index contributed by atoms with van der Waals surface area (Å²) < 4.78 is 1.98. The van der Waals surface area contributed by atoms with E-state index in [-0.39, 0.29) is 0 Å². The molecule has 0 saturated carbocycles. The zero-order valence-corrected chi connectivity index (χ0v) is 11.3. The predicted molar refractivity (Wildman–Crippen MR) is 75.7 cm³/mol. The smallest absolute Gasteiger partial charge is 0.101 e. The molecule has 1 atom stereocenters. The zero-order chi connectivity index (χ0) is 13.7. The van der Waals surface area contributed by atoms with Gasteiger partial charge in [0.1, 0.15) is 6.07 Å². The number of para-hydroxylation sites is 1. The predicted octanol–water partition coefficient (Wildman–Crippen LogP) is 3.34. The number of nitriles is 1. The highest BCUT2D eigenvalue weighted by molar-refractivity contribution is 5.57. The Kier molecular flexibility index (Phi) is 4.19. The maximum atomic E-state index is 9.01. The molecule has 4 nitrogen and oxygen atoms in total. The molecule has 0 aliphatic heterocycles. The van der Waals surface area contributed by atoms with Gasteiger partial charge < -0.3 is 5.32 Å². The molecule has 0 amide bonds. The molecular formula is C15H18N4. The monoisotopic (exact) mass is 254 g/mol. The van der Waals surface area contributed by atoms with Crippen molar-refractivity contribution < 1.29 is 0 Å². The van der Waals surface area contributed by atoms with Crippen molar-refractivity contribution in [2.75, 3.05) is 5.32 Å². The van der Waals surface area contributed by atoms with Crippen LogP contribution in [-0.4, -0.2) is 9.78 Å². The Morgan fingerprint density at radius 1 is 1.37 bits per heavy atom. The molecule has 0 spiro atoms. The Bertz CT molecular complexity index is 580. The standard InChI is InChI=1S/C15H18N4/c1-3-12(2)19-9-8-14(18-19)11-17-15-7-5-4-6-13(15)10-16/h4-9,12,17H,3,11H2,1-2H3. The molecule has 0 aliphatic carbocycles. The summed E-state index contributed by atoms with van der Waals surface area (Å²) >= 11 is 0. The number of nitrogens with one attached hydrogen (secondary N) is 1. The van der Waals surface area contributed by atoms with E-state index in [1.165, 1.54) is 0 Å².